The Balaban J connectivity index is 0.00000171. The molecule has 0 N–H and O–H groups in total. The van der Waals surface area contributed by atoms with Gasteiger partial charge in [0, 0.05) is 0 Å². The number of halogens is 2. The molecule has 2 saturated carbocycles. The fraction of sp³-hybridized carbons (Fsp3) is 0.714. The largest absolute Gasteiger partial charge is 1.00 e. The van der Waals surface area contributed by atoms with Crippen molar-refractivity contribution in [2.24, 2.45) is 21.7 Å². The van der Waals surface area contributed by atoms with E-state index in [0.29, 0.717) is 21.7 Å². The smallest absolute Gasteiger partial charge is 1.00 e. The third-order valence-electron chi connectivity index (χ3n) is 10.1. The Morgan fingerprint density at radius 3 is 1.29 bits per heavy atom. The second kappa shape index (κ2) is 9.96. The van der Waals surface area contributed by atoms with Gasteiger partial charge >= 0.3 is 193 Å². The van der Waals surface area contributed by atoms with E-state index in [1.807, 2.05) is 6.56 Å². The van der Waals surface area contributed by atoms with Crippen LogP contribution in [0.25, 0.3) is 0 Å². The molecule has 0 nitrogen and oxygen atoms in total. The van der Waals surface area contributed by atoms with Crippen LogP contribution in [0.4, 0.5) is 0 Å². The molecule has 2 fully saturated rings. The molecule has 2 atom stereocenters. The van der Waals surface area contributed by atoms with Gasteiger partial charge < -0.3 is 24.8 Å². The molecule has 0 spiro atoms. The van der Waals surface area contributed by atoms with Gasteiger partial charge in [0.05, 0.1) is 0 Å². The minimum Gasteiger partial charge on any atom is -1.00 e. The Morgan fingerprint density at radius 1 is 0.677 bits per heavy atom. The van der Waals surface area contributed by atoms with Crippen LogP contribution in [0, 0.1) is 21.7 Å². The van der Waals surface area contributed by atoms with E-state index in [4.69, 9.17) is 0 Å². The zero-order valence-electron chi connectivity index (χ0n) is 20.6. The summed E-state index contributed by atoms with van der Waals surface area (Å²) in [6.07, 6.45) is 24.5. The molecule has 0 heterocycles. The van der Waals surface area contributed by atoms with E-state index < -0.39 is 23.2 Å². The molecule has 4 aliphatic rings. The second-order valence-electron chi connectivity index (χ2n) is 11.0. The zero-order valence-corrected chi connectivity index (χ0v) is 24.6. The molecule has 0 radical (unpaired) electrons. The van der Waals surface area contributed by atoms with Gasteiger partial charge in [-0.3, -0.25) is 0 Å². The van der Waals surface area contributed by atoms with Crippen LogP contribution in [-0.2, 0) is 23.2 Å². The Bertz CT molecular complexity index is 724. The molecule has 0 bridgehead atoms. The first-order valence-corrected chi connectivity index (χ1v) is 14.8. The van der Waals surface area contributed by atoms with Crippen LogP contribution in [0.5, 0.6) is 0 Å². The summed E-state index contributed by atoms with van der Waals surface area (Å²) in [6.45, 7) is 15.1. The van der Waals surface area contributed by atoms with E-state index in [0.717, 1.165) is 0 Å². The summed E-state index contributed by atoms with van der Waals surface area (Å²) < 4.78 is 3.83. The minimum atomic E-state index is -0.835. The van der Waals surface area contributed by atoms with Gasteiger partial charge in [-0.1, -0.05) is 0 Å². The molecule has 0 aliphatic heterocycles. The molecule has 4 aliphatic carbocycles. The van der Waals surface area contributed by atoms with Crippen molar-refractivity contribution in [1.29, 1.82) is 0 Å². The molecule has 31 heavy (non-hydrogen) atoms. The van der Waals surface area contributed by atoms with E-state index >= 15 is 0 Å². The predicted octanol–water partition coefficient (Wildman–Crippen LogP) is 2.72. The second-order valence-corrected chi connectivity index (χ2v) is 14.1. The van der Waals surface area contributed by atoms with Gasteiger partial charge in [0.2, 0.25) is 0 Å². The molecule has 172 valence electrons. The van der Waals surface area contributed by atoms with E-state index in [1.54, 1.807) is 11.1 Å². The molecule has 0 aromatic carbocycles. The quantitative estimate of drug-likeness (QED) is 0.486. The van der Waals surface area contributed by atoms with Crippen molar-refractivity contribution >= 4 is 0 Å². The summed E-state index contributed by atoms with van der Waals surface area (Å²) in [5, 5.41) is 0. The summed E-state index contributed by atoms with van der Waals surface area (Å²) >= 11 is -0.835. The van der Waals surface area contributed by atoms with Crippen molar-refractivity contribution < 1.29 is 48.0 Å². The molecule has 0 saturated heterocycles. The fourth-order valence-corrected chi connectivity index (χ4v) is 12.8. The number of hydrogen-bond acceptors (Lipinski definition) is 0. The van der Waals surface area contributed by atoms with Crippen LogP contribution in [0.3, 0.4) is 0 Å². The van der Waals surface area contributed by atoms with Crippen LogP contribution >= 0.6 is 0 Å². The van der Waals surface area contributed by atoms with Crippen molar-refractivity contribution in [3.63, 3.8) is 0 Å². The standard InChI is InChI=1S/2C14H21.2ClH.Zr/c2*1-4-14(8-5-6-9-14)13(3)10-7-12(2)11-13;;;/h2*7,10H,4-6,8-9H2,1-3H3;2*1H;/q;;;;+2/p-2. The Hall–Kier alpha value is 0.423. The van der Waals surface area contributed by atoms with E-state index in [2.05, 4.69) is 65.8 Å². The maximum absolute atomic E-state index is 2.65. The van der Waals surface area contributed by atoms with Gasteiger partial charge in [0.15, 0.2) is 0 Å². The molecule has 3 heteroatoms. The number of rotatable bonds is 6. The molecule has 2 unspecified atom stereocenters. The maximum atomic E-state index is 2.65. The van der Waals surface area contributed by atoms with Gasteiger partial charge in [-0.15, -0.1) is 0 Å². The van der Waals surface area contributed by atoms with Crippen molar-refractivity contribution in [3.05, 3.63) is 42.0 Å². The molecular weight excluding hydrogens is 498 g/mol. The fourth-order valence-electron chi connectivity index (χ4n) is 7.79. The molecule has 0 aromatic rings. The summed E-state index contributed by atoms with van der Waals surface area (Å²) in [5.41, 5.74) is 4.94. The van der Waals surface area contributed by atoms with Crippen molar-refractivity contribution in [3.8, 4) is 0 Å². The molecule has 0 amide bonds. The molecular formula is C28H42Cl2Zr. The van der Waals surface area contributed by atoms with Crippen molar-refractivity contribution in [1.82, 2.24) is 0 Å². The third-order valence-corrected chi connectivity index (χ3v) is 15.8. The van der Waals surface area contributed by atoms with Gasteiger partial charge in [-0.2, -0.15) is 0 Å². The van der Waals surface area contributed by atoms with Gasteiger partial charge in [-0.25, -0.2) is 0 Å². The van der Waals surface area contributed by atoms with Gasteiger partial charge in [0.1, 0.15) is 0 Å². The number of allylic oxidation sites excluding steroid dienone is 8. The summed E-state index contributed by atoms with van der Waals surface area (Å²) in [7, 11) is 0. The Kier molecular flexibility index (Phi) is 8.89. The topological polar surface area (TPSA) is 0 Å². The van der Waals surface area contributed by atoms with Crippen LogP contribution in [0.15, 0.2) is 42.0 Å². The predicted molar refractivity (Wildman–Crippen MR) is 122 cm³/mol. The first kappa shape index (κ1) is 27.7. The van der Waals surface area contributed by atoms with E-state index in [9.17, 15) is 0 Å². The Morgan fingerprint density at radius 2 is 1.00 bits per heavy atom. The first-order valence-electron chi connectivity index (χ1n) is 12.4. The molecule has 4 rings (SSSR count). The first-order chi connectivity index (χ1) is 13.8. The van der Waals surface area contributed by atoms with Gasteiger partial charge in [-0.05, 0) is 0 Å². The maximum Gasteiger partial charge on any atom is -1.00 e. The SMILES string of the molecule is CCC1(C2(C)C=CC(C)=[C]2[Zr+2][C]2=C(C)C=CC2(C)C2(CC)CCCC2)CCCC1.[Cl-].[Cl-]. The summed E-state index contributed by atoms with van der Waals surface area (Å²) in [4.78, 5) is 0. The van der Waals surface area contributed by atoms with Crippen LogP contribution < -0.4 is 24.8 Å². The van der Waals surface area contributed by atoms with Crippen molar-refractivity contribution in [2.75, 3.05) is 0 Å². The Labute approximate surface area is 216 Å². The summed E-state index contributed by atoms with van der Waals surface area (Å²) in [5.74, 6) is 0. The minimum absolute atomic E-state index is 0. The van der Waals surface area contributed by atoms with E-state index in [1.165, 1.54) is 64.2 Å². The number of hydrogen-bond donors (Lipinski definition) is 0. The molecule has 0 aromatic heterocycles. The average molecular weight is 541 g/mol. The monoisotopic (exact) mass is 538 g/mol. The third kappa shape index (κ3) is 4.00. The van der Waals surface area contributed by atoms with Crippen LogP contribution in [0.1, 0.15) is 106 Å². The van der Waals surface area contributed by atoms with Crippen LogP contribution in [0.2, 0.25) is 0 Å². The van der Waals surface area contributed by atoms with Gasteiger partial charge in [0.25, 0.3) is 0 Å². The zero-order chi connectivity index (χ0) is 20.9. The van der Waals surface area contributed by atoms with E-state index in [-0.39, 0.29) is 24.8 Å². The van der Waals surface area contributed by atoms with Crippen molar-refractivity contribution in [2.45, 2.75) is 106 Å². The summed E-state index contributed by atoms with van der Waals surface area (Å²) in [6, 6.07) is 0. The normalized spacial score (nSPS) is 33.0. The van der Waals surface area contributed by atoms with Crippen LogP contribution in [-0.4, -0.2) is 0 Å². The average Bonchev–Trinajstić information content (AvgIpc) is 3.49.